The zero-order valence-electron chi connectivity index (χ0n) is 6.45. The van der Waals surface area contributed by atoms with E-state index in [0.717, 1.165) is 0 Å². The van der Waals surface area contributed by atoms with Crippen LogP contribution in [-0.2, 0) is 10.4 Å². The molecule has 0 aromatic carbocycles. The second-order valence-electron chi connectivity index (χ2n) is 0.448. The van der Waals surface area contributed by atoms with Crippen LogP contribution in [0.2, 0.25) is 0 Å². The maximum Gasteiger partial charge on any atom is 0.394 e. The third-order valence-corrected chi connectivity index (χ3v) is 0. The van der Waals surface area contributed by atoms with Crippen LogP contribution in [0.15, 0.2) is 0 Å². The molecule has 0 aliphatic rings. The van der Waals surface area contributed by atoms with Crippen molar-refractivity contribution in [3.05, 3.63) is 0 Å². The Bertz CT molecular complexity index is 93.5. The Balaban J connectivity index is -0.00000000222. The Morgan fingerprint density at radius 3 is 0.571 bits per heavy atom. The molecule has 0 unspecified atom stereocenters. The number of hydrogen-bond acceptors (Lipinski definition) is 2. The fourth-order valence-corrected chi connectivity index (χ4v) is 0. The van der Waals surface area contributed by atoms with Gasteiger partial charge in [0.25, 0.3) is 0 Å². The summed E-state index contributed by atoms with van der Waals surface area (Å²) in [7, 11) is -4.67. The van der Waals surface area contributed by atoms with Crippen molar-refractivity contribution >= 4 is 10.4 Å². The maximum atomic E-state index is 8.74. The van der Waals surface area contributed by atoms with Gasteiger partial charge in [-0.1, -0.05) is 0 Å². The van der Waals surface area contributed by atoms with Crippen molar-refractivity contribution in [2.24, 2.45) is 0 Å². The van der Waals surface area contributed by atoms with Crippen LogP contribution in [0.25, 0.3) is 0 Å². The van der Waals surface area contributed by atoms with Gasteiger partial charge in [0, 0.05) is 38.6 Å². The molecule has 0 fully saturated rings. The van der Waals surface area contributed by atoms with Crippen molar-refractivity contribution in [1.82, 2.24) is 0 Å². The van der Waals surface area contributed by atoms with Crippen molar-refractivity contribution < 1.29 is 99.9 Å². The molecule has 18 N–H and O–H groups in total. The van der Waals surface area contributed by atoms with Gasteiger partial charge in [0.2, 0.25) is 0 Å². The van der Waals surface area contributed by atoms with E-state index < -0.39 is 10.4 Å². The average molecular weight is 401 g/mol. The van der Waals surface area contributed by atoms with E-state index in [1.807, 2.05) is 0 Å². The van der Waals surface area contributed by atoms with Crippen molar-refractivity contribution in [2.75, 3.05) is 0 Å². The first kappa shape index (κ1) is 121. The first-order valence-corrected chi connectivity index (χ1v) is 2.10. The largest absolute Gasteiger partial charge is 0.412 e. The van der Waals surface area contributed by atoms with E-state index in [1.165, 1.54) is 0 Å². The SMILES string of the molecule is O.O.O.O.O.O.O.O.O=S(=O)(O)O.[Tb]. The minimum Gasteiger partial charge on any atom is -0.412 e. The second kappa shape index (κ2) is 48.8. The summed E-state index contributed by atoms with van der Waals surface area (Å²) in [4.78, 5) is 0. The standard InChI is InChI=1S/H2O4S.8H2O.Tb/c1-5(2,3)4;;;;;;;;;/h(H2,1,2,3,4);8*1H2;. The van der Waals surface area contributed by atoms with Gasteiger partial charge in [-0.2, -0.15) is 8.42 Å². The molecule has 0 bridgehead atoms. The molecule has 0 spiro atoms. The Labute approximate surface area is 110 Å². The van der Waals surface area contributed by atoms with Crippen molar-refractivity contribution in [2.45, 2.75) is 0 Å². The summed E-state index contributed by atoms with van der Waals surface area (Å²) in [6.07, 6.45) is 0. The molecule has 0 aliphatic heterocycles. The second-order valence-corrected chi connectivity index (χ2v) is 1.34. The van der Waals surface area contributed by atoms with Gasteiger partial charge in [-0.3, -0.25) is 9.11 Å². The van der Waals surface area contributed by atoms with Gasteiger partial charge in [0.1, 0.15) is 0 Å². The van der Waals surface area contributed by atoms with E-state index in [0.29, 0.717) is 0 Å². The molecular formula is H18O12STb. The average Bonchev–Trinajstić information content (AvgIpc) is 0.722. The molecule has 0 amide bonds. The molecular weight excluding hydrogens is 383 g/mol. The molecule has 0 aromatic rings. The van der Waals surface area contributed by atoms with E-state index in [2.05, 4.69) is 0 Å². The summed E-state index contributed by atoms with van der Waals surface area (Å²) >= 11 is 0. The van der Waals surface area contributed by atoms with Crippen LogP contribution in [0.1, 0.15) is 0 Å². The first-order valence-electron chi connectivity index (χ1n) is 0.698. The van der Waals surface area contributed by atoms with E-state index in [1.54, 1.807) is 0 Å². The predicted octanol–water partition coefficient (Wildman–Crippen LogP) is -7.25. The predicted molar refractivity (Wildman–Crippen MR) is 43.1 cm³/mol. The van der Waals surface area contributed by atoms with E-state index >= 15 is 0 Å². The van der Waals surface area contributed by atoms with Gasteiger partial charge in [-0.15, -0.1) is 0 Å². The summed E-state index contributed by atoms with van der Waals surface area (Å²) in [5.41, 5.74) is 0. The van der Waals surface area contributed by atoms with Gasteiger partial charge in [-0.25, -0.2) is 0 Å². The summed E-state index contributed by atoms with van der Waals surface area (Å²) in [5, 5.41) is 0. The number of rotatable bonds is 0. The van der Waals surface area contributed by atoms with Crippen LogP contribution >= 0.6 is 0 Å². The Morgan fingerprint density at radius 1 is 0.571 bits per heavy atom. The van der Waals surface area contributed by atoms with Gasteiger partial charge in [0.05, 0.1) is 0 Å². The topological polar surface area (TPSA) is 327 Å². The van der Waals surface area contributed by atoms with Crippen molar-refractivity contribution in [1.29, 1.82) is 0 Å². The zero-order valence-corrected chi connectivity index (χ0v) is 9.41. The molecule has 12 nitrogen and oxygen atoms in total. The van der Waals surface area contributed by atoms with Gasteiger partial charge < -0.3 is 43.8 Å². The molecule has 0 rings (SSSR count). The van der Waals surface area contributed by atoms with Crippen LogP contribution in [0.5, 0.6) is 0 Å². The minimum absolute atomic E-state index is 0. The van der Waals surface area contributed by atoms with E-state index in [-0.39, 0.29) is 82.4 Å². The third kappa shape index (κ3) is 2570. The van der Waals surface area contributed by atoms with Crippen molar-refractivity contribution in [3.63, 3.8) is 0 Å². The molecule has 1 radical (unpaired) electrons. The van der Waals surface area contributed by atoms with Crippen LogP contribution in [-0.4, -0.2) is 61.3 Å². The molecule has 14 heavy (non-hydrogen) atoms. The summed E-state index contributed by atoms with van der Waals surface area (Å²) in [5.74, 6) is 0. The Hall–Kier alpha value is 0.836. The fourth-order valence-electron chi connectivity index (χ4n) is 0. The summed E-state index contributed by atoms with van der Waals surface area (Å²) < 4.78 is 31.6. The van der Waals surface area contributed by atoms with Gasteiger partial charge in [0.15, 0.2) is 0 Å². The molecule has 0 saturated heterocycles. The fraction of sp³-hybridized carbons (Fsp3) is 0. The normalized spacial score (nSPS) is 4.14. The molecule has 0 aromatic heterocycles. The van der Waals surface area contributed by atoms with Gasteiger partial charge >= 0.3 is 10.4 Å². The van der Waals surface area contributed by atoms with Crippen LogP contribution in [0.3, 0.4) is 0 Å². The Morgan fingerprint density at radius 2 is 0.571 bits per heavy atom. The smallest absolute Gasteiger partial charge is 0.394 e. The monoisotopic (exact) mass is 401 g/mol. The minimum atomic E-state index is -4.67. The molecule has 0 saturated carbocycles. The Kier molecular flexibility index (Phi) is 423. The summed E-state index contributed by atoms with van der Waals surface area (Å²) in [6, 6.07) is 0. The zero-order chi connectivity index (χ0) is 4.50. The summed E-state index contributed by atoms with van der Waals surface area (Å²) in [6.45, 7) is 0. The number of hydrogen-bond donors (Lipinski definition) is 2. The molecule has 0 atom stereocenters. The van der Waals surface area contributed by atoms with Crippen LogP contribution in [0, 0.1) is 38.6 Å². The van der Waals surface area contributed by atoms with Crippen molar-refractivity contribution in [3.8, 4) is 0 Å². The quantitative estimate of drug-likeness (QED) is 0.373. The third-order valence-electron chi connectivity index (χ3n) is 0. The van der Waals surface area contributed by atoms with Crippen LogP contribution < -0.4 is 0 Å². The molecule has 0 heterocycles. The van der Waals surface area contributed by atoms with Crippen LogP contribution in [0.4, 0.5) is 0 Å². The van der Waals surface area contributed by atoms with E-state index in [9.17, 15) is 0 Å². The van der Waals surface area contributed by atoms with E-state index in [4.69, 9.17) is 17.5 Å². The van der Waals surface area contributed by atoms with Gasteiger partial charge in [-0.05, 0) is 0 Å². The molecule has 14 heteroatoms. The molecule has 105 valence electrons. The first-order chi connectivity index (χ1) is 2.00. The molecule has 0 aliphatic carbocycles. The maximum absolute atomic E-state index is 8.74.